The van der Waals surface area contributed by atoms with Gasteiger partial charge in [-0.15, -0.1) is 0 Å². The maximum atomic E-state index is 4.37. The standard InChI is InChI=1S/C54H41N/c1-4-47(55(48-27-23-37(2)24-28-48)49-29-25-39-15-11-12-20-42(39)31-49)32-46-36-52(41-18-9-6-10-19-41)54-35-45(26-30-50(54)38(46)3)53-34-44-22-14-13-21-43(44)33-51(53)40-16-7-5-8-17-40/h4-36H,1H2,2-3H3/b47-32+. The first-order chi connectivity index (χ1) is 27.0. The maximum absolute atomic E-state index is 4.37. The van der Waals surface area contributed by atoms with Crippen molar-refractivity contribution in [3.05, 3.63) is 223 Å². The highest BCUT2D eigenvalue weighted by atomic mass is 15.1. The molecule has 0 atom stereocenters. The van der Waals surface area contributed by atoms with E-state index in [2.05, 4.69) is 219 Å². The quantitative estimate of drug-likeness (QED) is 0.142. The van der Waals surface area contributed by atoms with Crippen LogP contribution in [-0.4, -0.2) is 0 Å². The average Bonchev–Trinajstić information content (AvgIpc) is 3.24. The summed E-state index contributed by atoms with van der Waals surface area (Å²) in [7, 11) is 0. The number of rotatable bonds is 8. The van der Waals surface area contributed by atoms with Crippen LogP contribution >= 0.6 is 0 Å². The molecule has 0 heterocycles. The maximum Gasteiger partial charge on any atom is 0.0468 e. The van der Waals surface area contributed by atoms with Crippen molar-refractivity contribution in [2.24, 2.45) is 0 Å². The molecule has 0 amide bonds. The van der Waals surface area contributed by atoms with Crippen LogP contribution in [0.25, 0.3) is 71.8 Å². The van der Waals surface area contributed by atoms with E-state index in [1.54, 1.807) is 0 Å². The summed E-state index contributed by atoms with van der Waals surface area (Å²) in [5.74, 6) is 0. The second-order valence-corrected chi connectivity index (χ2v) is 14.4. The number of hydrogen-bond donors (Lipinski definition) is 0. The Morgan fingerprint density at radius 3 is 1.62 bits per heavy atom. The zero-order valence-corrected chi connectivity index (χ0v) is 31.2. The van der Waals surface area contributed by atoms with Crippen molar-refractivity contribution in [2.75, 3.05) is 4.90 Å². The van der Waals surface area contributed by atoms with E-state index in [9.17, 15) is 0 Å². The van der Waals surface area contributed by atoms with Crippen molar-refractivity contribution in [1.29, 1.82) is 0 Å². The van der Waals surface area contributed by atoms with Gasteiger partial charge in [0.1, 0.15) is 0 Å². The molecule has 0 bridgehead atoms. The van der Waals surface area contributed by atoms with E-state index < -0.39 is 0 Å². The molecule has 0 aromatic heterocycles. The molecule has 0 saturated heterocycles. The number of anilines is 2. The van der Waals surface area contributed by atoms with Crippen LogP contribution in [0.5, 0.6) is 0 Å². The monoisotopic (exact) mass is 703 g/mol. The molecule has 9 aromatic rings. The minimum atomic E-state index is 1.00. The molecular formula is C54H41N. The molecule has 9 aromatic carbocycles. The zero-order chi connectivity index (χ0) is 37.3. The summed E-state index contributed by atoms with van der Waals surface area (Å²) in [4.78, 5) is 2.32. The molecule has 0 aliphatic heterocycles. The summed E-state index contributed by atoms with van der Waals surface area (Å²) in [6, 6.07) is 68.2. The Morgan fingerprint density at radius 2 is 0.982 bits per heavy atom. The number of benzene rings is 9. The van der Waals surface area contributed by atoms with Gasteiger partial charge in [-0.1, -0.05) is 152 Å². The summed E-state index contributed by atoms with van der Waals surface area (Å²) in [5, 5.41) is 7.36. The predicted molar refractivity (Wildman–Crippen MR) is 238 cm³/mol. The smallest absolute Gasteiger partial charge is 0.0468 e. The fourth-order valence-electron chi connectivity index (χ4n) is 7.93. The number of hydrogen-bond acceptors (Lipinski definition) is 1. The molecule has 262 valence electrons. The molecule has 0 radical (unpaired) electrons. The highest BCUT2D eigenvalue weighted by Crippen LogP contribution is 2.41. The fourth-order valence-corrected chi connectivity index (χ4v) is 7.93. The first-order valence-corrected chi connectivity index (χ1v) is 19.0. The van der Waals surface area contributed by atoms with Crippen LogP contribution in [0.15, 0.2) is 206 Å². The van der Waals surface area contributed by atoms with Gasteiger partial charge in [0.25, 0.3) is 0 Å². The number of allylic oxidation sites excluding steroid dienone is 1. The van der Waals surface area contributed by atoms with Crippen molar-refractivity contribution in [3.63, 3.8) is 0 Å². The lowest BCUT2D eigenvalue weighted by atomic mass is 9.87. The van der Waals surface area contributed by atoms with Crippen molar-refractivity contribution in [1.82, 2.24) is 0 Å². The Kier molecular flexibility index (Phi) is 8.90. The molecule has 1 nitrogen and oxygen atoms in total. The largest absolute Gasteiger partial charge is 0.310 e. The van der Waals surface area contributed by atoms with Crippen LogP contribution in [0.4, 0.5) is 11.4 Å². The molecular weight excluding hydrogens is 663 g/mol. The molecule has 0 aliphatic rings. The molecule has 0 fully saturated rings. The van der Waals surface area contributed by atoms with Gasteiger partial charge >= 0.3 is 0 Å². The van der Waals surface area contributed by atoms with Crippen LogP contribution in [0.1, 0.15) is 16.7 Å². The second-order valence-electron chi connectivity index (χ2n) is 14.4. The SMILES string of the molecule is C=C/C(=C\c1cc(-c2ccccc2)c2cc(-c3cc4ccccc4cc3-c3ccccc3)ccc2c1C)N(c1ccc(C)cc1)c1ccc2ccccc2c1. The fraction of sp³-hybridized carbons (Fsp3) is 0.0370. The Morgan fingerprint density at radius 1 is 0.436 bits per heavy atom. The summed E-state index contributed by atoms with van der Waals surface area (Å²) >= 11 is 0. The van der Waals surface area contributed by atoms with Crippen molar-refractivity contribution >= 4 is 49.8 Å². The van der Waals surface area contributed by atoms with Gasteiger partial charge in [0.2, 0.25) is 0 Å². The third kappa shape index (κ3) is 6.51. The molecule has 55 heavy (non-hydrogen) atoms. The van der Waals surface area contributed by atoms with Crippen molar-refractivity contribution in [3.8, 4) is 33.4 Å². The van der Waals surface area contributed by atoms with Gasteiger partial charge in [0, 0.05) is 17.1 Å². The second kappa shape index (κ2) is 14.5. The highest BCUT2D eigenvalue weighted by molar-refractivity contribution is 6.05. The highest BCUT2D eigenvalue weighted by Gasteiger charge is 2.18. The summed E-state index contributed by atoms with van der Waals surface area (Å²) in [5.41, 5.74) is 14.0. The van der Waals surface area contributed by atoms with Crippen molar-refractivity contribution < 1.29 is 0 Å². The van der Waals surface area contributed by atoms with Crippen LogP contribution in [-0.2, 0) is 0 Å². The van der Waals surface area contributed by atoms with Gasteiger partial charge in [0.05, 0.1) is 0 Å². The first-order valence-electron chi connectivity index (χ1n) is 19.0. The summed E-state index contributed by atoms with van der Waals surface area (Å²) in [6.07, 6.45) is 4.28. The van der Waals surface area contributed by atoms with E-state index in [0.29, 0.717) is 0 Å². The molecule has 1 heteroatoms. The van der Waals surface area contributed by atoms with E-state index >= 15 is 0 Å². The van der Waals surface area contributed by atoms with Gasteiger partial charge in [-0.25, -0.2) is 0 Å². The Balaban J connectivity index is 1.25. The Bertz CT molecular complexity index is 2880. The van der Waals surface area contributed by atoms with E-state index in [1.165, 1.54) is 76.8 Å². The third-order valence-electron chi connectivity index (χ3n) is 10.9. The number of aryl methyl sites for hydroxylation is 2. The minimum absolute atomic E-state index is 1.00. The number of fused-ring (bicyclic) bond motifs is 3. The van der Waals surface area contributed by atoms with Crippen LogP contribution in [0.2, 0.25) is 0 Å². The third-order valence-corrected chi connectivity index (χ3v) is 10.9. The zero-order valence-electron chi connectivity index (χ0n) is 31.2. The molecule has 0 N–H and O–H groups in total. The van der Waals surface area contributed by atoms with Crippen LogP contribution in [0, 0.1) is 13.8 Å². The van der Waals surface area contributed by atoms with Gasteiger partial charge in [-0.2, -0.15) is 0 Å². The minimum Gasteiger partial charge on any atom is -0.310 e. The van der Waals surface area contributed by atoms with E-state index in [-0.39, 0.29) is 0 Å². The Labute approximate surface area is 323 Å². The lowest BCUT2D eigenvalue weighted by molar-refractivity contribution is 1.22. The van der Waals surface area contributed by atoms with Gasteiger partial charge in [0.15, 0.2) is 0 Å². The van der Waals surface area contributed by atoms with Crippen LogP contribution in [0.3, 0.4) is 0 Å². The van der Waals surface area contributed by atoms with Crippen molar-refractivity contribution in [2.45, 2.75) is 13.8 Å². The molecule has 0 unspecified atom stereocenters. The van der Waals surface area contributed by atoms with E-state index in [0.717, 1.165) is 22.6 Å². The summed E-state index contributed by atoms with van der Waals surface area (Å²) < 4.78 is 0. The van der Waals surface area contributed by atoms with Gasteiger partial charge in [-0.05, 0) is 151 Å². The molecule has 0 spiro atoms. The van der Waals surface area contributed by atoms with Gasteiger partial charge < -0.3 is 4.90 Å². The number of nitrogens with zero attached hydrogens (tertiary/aromatic N) is 1. The normalized spacial score (nSPS) is 11.6. The predicted octanol–water partition coefficient (Wildman–Crippen LogP) is 15.1. The first kappa shape index (κ1) is 33.8. The molecule has 0 saturated carbocycles. The molecule has 0 aliphatic carbocycles. The lowest BCUT2D eigenvalue weighted by Crippen LogP contribution is -2.15. The van der Waals surface area contributed by atoms with Crippen LogP contribution < -0.4 is 4.90 Å². The van der Waals surface area contributed by atoms with E-state index in [1.807, 2.05) is 6.08 Å². The topological polar surface area (TPSA) is 3.24 Å². The average molecular weight is 704 g/mol. The Hall–Kier alpha value is -6.96. The molecule has 9 rings (SSSR count). The van der Waals surface area contributed by atoms with E-state index in [4.69, 9.17) is 0 Å². The van der Waals surface area contributed by atoms with Gasteiger partial charge in [-0.3, -0.25) is 0 Å². The lowest BCUT2D eigenvalue weighted by Gasteiger charge is -2.27. The summed E-state index contributed by atoms with van der Waals surface area (Å²) in [6.45, 7) is 8.75.